The minimum atomic E-state index is -3.14. The number of aliphatic carboxylic acids is 2. The van der Waals surface area contributed by atoms with E-state index in [1.807, 2.05) is 0 Å². The highest BCUT2D eigenvalue weighted by molar-refractivity contribution is 5.74. The van der Waals surface area contributed by atoms with Crippen LogP contribution < -0.4 is 0 Å². The number of hydrogen-bond donors (Lipinski definition) is 6. The Labute approximate surface area is 147 Å². The van der Waals surface area contributed by atoms with Crippen LogP contribution in [-0.2, 0) is 28.5 Å². The first-order valence-electron chi connectivity index (χ1n) is 7.76. The quantitative estimate of drug-likeness (QED) is 0.262. The van der Waals surface area contributed by atoms with Crippen molar-refractivity contribution in [3.8, 4) is 0 Å². The van der Waals surface area contributed by atoms with Crippen molar-refractivity contribution in [3.05, 3.63) is 0 Å². The van der Waals surface area contributed by atoms with Crippen LogP contribution in [0.15, 0.2) is 0 Å². The number of carbonyl (C=O) groups is 2. The van der Waals surface area contributed by atoms with Gasteiger partial charge in [-0.3, -0.25) is 0 Å². The third-order valence-corrected chi connectivity index (χ3v) is 4.33. The first-order valence-corrected chi connectivity index (χ1v) is 7.76. The van der Waals surface area contributed by atoms with E-state index in [1.165, 1.54) is 6.92 Å². The average molecular weight is 382 g/mol. The van der Waals surface area contributed by atoms with Crippen molar-refractivity contribution >= 4 is 11.9 Å². The smallest absolute Gasteiger partial charge is 0.335 e. The minimum Gasteiger partial charge on any atom is -0.479 e. The van der Waals surface area contributed by atoms with Gasteiger partial charge in [0.15, 0.2) is 12.2 Å². The summed E-state index contributed by atoms with van der Waals surface area (Å²) in [6.45, 7) is 1.53. The summed E-state index contributed by atoms with van der Waals surface area (Å²) in [5, 5.41) is 58.8. The fraction of sp³-hybridized carbons (Fsp3) is 0.857. The van der Waals surface area contributed by atoms with E-state index < -0.39 is 66.7 Å². The summed E-state index contributed by atoms with van der Waals surface area (Å²) in [7, 11) is 1.03. The first kappa shape index (κ1) is 20.9. The zero-order valence-electron chi connectivity index (χ0n) is 14.0. The Hall–Kier alpha value is -1.38. The lowest BCUT2D eigenvalue weighted by Gasteiger charge is -2.47. The second-order valence-electron chi connectivity index (χ2n) is 6.26. The molecule has 2 aliphatic rings. The second-order valence-corrected chi connectivity index (χ2v) is 6.26. The molecule has 12 heteroatoms. The van der Waals surface area contributed by atoms with Crippen LogP contribution in [0.3, 0.4) is 0 Å². The van der Waals surface area contributed by atoms with Gasteiger partial charge in [0.1, 0.15) is 18.3 Å². The Morgan fingerprint density at radius 3 is 2.08 bits per heavy atom. The standard InChI is InChI=1S/C14H22O12/c1-4-3-5(15)6(8(24-4)11(17)18)25-13-14(21,22)10(16)7(23-2)9(26-13)12(19)20/h4-10,13,15-16,21-22H,3H2,1-2H3,(H,17,18)(H,19,20)/t4-,5?,6+,7-,8-,9?,10+,13-/m1/s1. The Bertz CT molecular complexity index is 536. The lowest BCUT2D eigenvalue weighted by atomic mass is 9.94. The van der Waals surface area contributed by atoms with Gasteiger partial charge in [0.05, 0.1) is 12.2 Å². The molecule has 0 aromatic carbocycles. The summed E-state index contributed by atoms with van der Waals surface area (Å²) in [5.74, 6) is -6.20. The van der Waals surface area contributed by atoms with Crippen molar-refractivity contribution in [1.29, 1.82) is 0 Å². The molecular weight excluding hydrogens is 360 g/mol. The molecule has 2 saturated heterocycles. The van der Waals surface area contributed by atoms with Gasteiger partial charge < -0.3 is 49.6 Å². The van der Waals surface area contributed by atoms with E-state index in [-0.39, 0.29) is 6.42 Å². The molecule has 150 valence electrons. The van der Waals surface area contributed by atoms with Gasteiger partial charge in [-0.1, -0.05) is 0 Å². The number of aliphatic hydroxyl groups is 4. The topological polar surface area (TPSA) is 192 Å². The molecule has 2 rings (SSSR count). The van der Waals surface area contributed by atoms with Crippen LogP contribution in [0.5, 0.6) is 0 Å². The van der Waals surface area contributed by atoms with Crippen LogP contribution in [0.2, 0.25) is 0 Å². The fourth-order valence-corrected chi connectivity index (χ4v) is 3.00. The maximum absolute atomic E-state index is 11.3. The van der Waals surface area contributed by atoms with Crippen molar-refractivity contribution in [2.75, 3.05) is 7.11 Å². The fourth-order valence-electron chi connectivity index (χ4n) is 3.00. The number of carboxylic acid groups (broad SMARTS) is 2. The van der Waals surface area contributed by atoms with Crippen LogP contribution >= 0.6 is 0 Å². The molecule has 2 heterocycles. The molecule has 12 nitrogen and oxygen atoms in total. The molecule has 26 heavy (non-hydrogen) atoms. The van der Waals surface area contributed by atoms with E-state index in [0.29, 0.717) is 0 Å². The molecule has 0 aromatic heterocycles. The zero-order valence-corrected chi connectivity index (χ0v) is 14.0. The van der Waals surface area contributed by atoms with E-state index >= 15 is 0 Å². The maximum Gasteiger partial charge on any atom is 0.335 e. The molecule has 2 unspecified atom stereocenters. The highest BCUT2D eigenvalue weighted by Crippen LogP contribution is 2.34. The van der Waals surface area contributed by atoms with Gasteiger partial charge in [0.2, 0.25) is 12.1 Å². The van der Waals surface area contributed by atoms with E-state index in [0.717, 1.165) is 7.11 Å². The Kier molecular flexibility index (Phi) is 6.20. The maximum atomic E-state index is 11.3. The summed E-state index contributed by atoms with van der Waals surface area (Å²) in [4.78, 5) is 22.6. The SMILES string of the molecule is CO[C@@H]1C(C(=O)O)O[C@@H](O[C@H]2C(O)C[C@@H](C)O[C@H]2C(=O)O)C(O)(O)[C@H]1O. The average Bonchev–Trinajstić information content (AvgIpc) is 2.53. The normalized spacial score (nSPS) is 43.0. The van der Waals surface area contributed by atoms with Gasteiger partial charge >= 0.3 is 11.9 Å². The molecule has 6 N–H and O–H groups in total. The van der Waals surface area contributed by atoms with Gasteiger partial charge in [0.25, 0.3) is 0 Å². The predicted octanol–water partition coefficient (Wildman–Crippen LogP) is -3.14. The molecule has 0 saturated carbocycles. The van der Waals surface area contributed by atoms with Crippen molar-refractivity contribution in [2.45, 2.75) is 68.1 Å². The largest absolute Gasteiger partial charge is 0.479 e. The molecule has 0 spiro atoms. The van der Waals surface area contributed by atoms with Gasteiger partial charge in [-0.15, -0.1) is 0 Å². The Balaban J connectivity index is 2.27. The van der Waals surface area contributed by atoms with Crippen molar-refractivity contribution in [2.24, 2.45) is 0 Å². The highest BCUT2D eigenvalue weighted by atomic mass is 16.8. The number of hydrogen-bond acceptors (Lipinski definition) is 10. The van der Waals surface area contributed by atoms with Crippen molar-refractivity contribution < 1.29 is 59.2 Å². The number of carboxylic acids is 2. The van der Waals surface area contributed by atoms with Gasteiger partial charge in [-0.25, -0.2) is 9.59 Å². The summed E-state index contributed by atoms with van der Waals surface area (Å²) < 4.78 is 20.1. The van der Waals surface area contributed by atoms with Crippen LogP contribution in [-0.4, -0.2) is 104 Å². The third-order valence-electron chi connectivity index (χ3n) is 4.33. The lowest BCUT2D eigenvalue weighted by molar-refractivity contribution is -0.414. The minimum absolute atomic E-state index is 0.0172. The van der Waals surface area contributed by atoms with Gasteiger partial charge in [-0.2, -0.15) is 0 Å². The van der Waals surface area contributed by atoms with Crippen molar-refractivity contribution in [1.82, 2.24) is 0 Å². The molecule has 0 bridgehead atoms. The second kappa shape index (κ2) is 7.70. The van der Waals surface area contributed by atoms with Crippen LogP contribution in [0, 0.1) is 0 Å². The molecule has 0 aliphatic carbocycles. The van der Waals surface area contributed by atoms with Crippen molar-refractivity contribution in [3.63, 3.8) is 0 Å². The molecular formula is C14H22O12. The molecule has 0 aromatic rings. The predicted molar refractivity (Wildman–Crippen MR) is 77.7 cm³/mol. The number of ether oxygens (including phenoxy) is 4. The van der Waals surface area contributed by atoms with Gasteiger partial charge in [0, 0.05) is 13.5 Å². The summed E-state index contributed by atoms with van der Waals surface area (Å²) in [5.41, 5.74) is 0. The van der Waals surface area contributed by atoms with Crippen LogP contribution in [0.1, 0.15) is 13.3 Å². The molecule has 0 amide bonds. The number of aliphatic hydroxyl groups excluding tert-OH is 2. The first-order chi connectivity index (χ1) is 12.0. The summed E-state index contributed by atoms with van der Waals surface area (Å²) in [6.07, 6.45) is -13.1. The monoisotopic (exact) mass is 382 g/mol. The van der Waals surface area contributed by atoms with E-state index in [2.05, 4.69) is 0 Å². The van der Waals surface area contributed by atoms with E-state index in [1.54, 1.807) is 0 Å². The Morgan fingerprint density at radius 1 is 1.04 bits per heavy atom. The molecule has 8 atom stereocenters. The highest BCUT2D eigenvalue weighted by Gasteiger charge is 2.59. The number of rotatable bonds is 5. The summed E-state index contributed by atoms with van der Waals surface area (Å²) in [6, 6.07) is 0. The van der Waals surface area contributed by atoms with E-state index in [9.17, 15) is 40.2 Å². The summed E-state index contributed by atoms with van der Waals surface area (Å²) >= 11 is 0. The van der Waals surface area contributed by atoms with Crippen LogP contribution in [0.4, 0.5) is 0 Å². The molecule has 2 fully saturated rings. The molecule has 0 radical (unpaired) electrons. The molecule has 2 aliphatic heterocycles. The van der Waals surface area contributed by atoms with Gasteiger partial charge in [-0.05, 0) is 6.92 Å². The number of methoxy groups -OCH3 is 1. The Morgan fingerprint density at radius 2 is 1.58 bits per heavy atom. The van der Waals surface area contributed by atoms with Crippen LogP contribution in [0.25, 0.3) is 0 Å². The third kappa shape index (κ3) is 3.82. The van der Waals surface area contributed by atoms with E-state index in [4.69, 9.17) is 18.9 Å². The zero-order chi connectivity index (χ0) is 19.8. The lowest BCUT2D eigenvalue weighted by Crippen LogP contribution is -2.70.